The summed E-state index contributed by atoms with van der Waals surface area (Å²) in [6.45, 7) is 0. The highest BCUT2D eigenvalue weighted by molar-refractivity contribution is 6.30. The van der Waals surface area contributed by atoms with Crippen molar-refractivity contribution in [3.05, 3.63) is 59.1 Å². The normalized spacial score (nSPS) is 21.1. The number of hydrogen-bond acceptors (Lipinski definition) is 1. The van der Waals surface area contributed by atoms with E-state index in [0.29, 0.717) is 5.02 Å². The zero-order chi connectivity index (χ0) is 13.4. The van der Waals surface area contributed by atoms with Crippen LogP contribution in [0.2, 0.25) is 5.02 Å². The Labute approximate surface area is 116 Å². The maximum atomic E-state index is 10.9. The number of rotatable bonds is 3. The van der Waals surface area contributed by atoms with E-state index in [0.717, 1.165) is 23.1 Å². The van der Waals surface area contributed by atoms with Gasteiger partial charge in [-0.15, -0.1) is 0 Å². The number of carboxylic acids is 1. The van der Waals surface area contributed by atoms with E-state index < -0.39 is 5.97 Å². The third-order valence-corrected chi connectivity index (χ3v) is 3.85. The molecule has 2 atom stereocenters. The summed E-state index contributed by atoms with van der Waals surface area (Å²) < 4.78 is 0. The first-order valence-electron chi connectivity index (χ1n) is 6.24. The molecule has 2 aromatic carbocycles. The van der Waals surface area contributed by atoms with E-state index in [1.54, 1.807) is 0 Å². The molecule has 0 radical (unpaired) electrons. The maximum absolute atomic E-state index is 10.9. The Morgan fingerprint density at radius 2 is 1.84 bits per heavy atom. The zero-order valence-electron chi connectivity index (χ0n) is 10.2. The molecule has 1 aliphatic rings. The molecule has 0 heterocycles. The Morgan fingerprint density at radius 1 is 1.11 bits per heavy atom. The number of halogens is 1. The monoisotopic (exact) mass is 272 g/mol. The van der Waals surface area contributed by atoms with Gasteiger partial charge in [0.1, 0.15) is 0 Å². The summed E-state index contributed by atoms with van der Waals surface area (Å²) in [5.41, 5.74) is 3.31. The molecule has 3 rings (SSSR count). The van der Waals surface area contributed by atoms with E-state index in [2.05, 4.69) is 6.07 Å². The molecule has 0 spiro atoms. The van der Waals surface area contributed by atoms with Crippen molar-refractivity contribution in [2.24, 2.45) is 5.92 Å². The SMILES string of the molecule is O=C(O)[C@@H]1C[C@H]1c1cccc(-c2ccc(Cl)cc2)c1. The largest absolute Gasteiger partial charge is 0.481 e. The topological polar surface area (TPSA) is 37.3 Å². The van der Waals surface area contributed by atoms with Gasteiger partial charge in [0.15, 0.2) is 0 Å². The van der Waals surface area contributed by atoms with Gasteiger partial charge in [-0.25, -0.2) is 0 Å². The van der Waals surface area contributed by atoms with E-state index in [-0.39, 0.29) is 11.8 Å². The Bertz CT molecular complexity index is 619. The van der Waals surface area contributed by atoms with Crippen LogP contribution < -0.4 is 0 Å². The highest BCUT2D eigenvalue weighted by atomic mass is 35.5. The standard InChI is InChI=1S/C16H13ClO2/c17-13-6-4-10(5-7-13)11-2-1-3-12(8-11)14-9-15(14)16(18)19/h1-8,14-15H,9H2,(H,18,19)/t14-,15+/m0/s1. The molecule has 96 valence electrons. The molecular formula is C16H13ClO2. The van der Waals surface area contributed by atoms with Crippen LogP contribution in [0.1, 0.15) is 17.9 Å². The molecule has 0 bridgehead atoms. The lowest BCUT2D eigenvalue weighted by Gasteiger charge is -2.05. The number of carbonyl (C=O) groups is 1. The van der Waals surface area contributed by atoms with E-state index >= 15 is 0 Å². The van der Waals surface area contributed by atoms with Gasteiger partial charge in [-0.2, -0.15) is 0 Å². The van der Waals surface area contributed by atoms with Gasteiger partial charge in [0.25, 0.3) is 0 Å². The third kappa shape index (κ3) is 2.49. The third-order valence-electron chi connectivity index (χ3n) is 3.60. The average Bonchev–Trinajstić information content (AvgIpc) is 3.20. The second-order valence-corrected chi connectivity index (χ2v) is 5.36. The minimum Gasteiger partial charge on any atom is -0.481 e. The molecule has 0 amide bonds. The molecule has 0 saturated heterocycles. The van der Waals surface area contributed by atoms with Crippen molar-refractivity contribution in [2.75, 3.05) is 0 Å². The molecule has 0 aromatic heterocycles. The van der Waals surface area contributed by atoms with Gasteiger partial charge in [-0.1, -0.05) is 48.0 Å². The smallest absolute Gasteiger partial charge is 0.307 e. The average molecular weight is 273 g/mol. The molecule has 1 N–H and O–H groups in total. The summed E-state index contributed by atoms with van der Waals surface area (Å²) in [6, 6.07) is 15.8. The van der Waals surface area contributed by atoms with Gasteiger partial charge in [0, 0.05) is 5.02 Å². The second kappa shape index (κ2) is 4.71. The van der Waals surface area contributed by atoms with Gasteiger partial charge < -0.3 is 5.11 Å². The van der Waals surface area contributed by atoms with Crippen molar-refractivity contribution in [3.8, 4) is 11.1 Å². The van der Waals surface area contributed by atoms with Crippen LogP contribution in [0.5, 0.6) is 0 Å². The van der Waals surface area contributed by atoms with Gasteiger partial charge in [-0.05, 0) is 41.2 Å². The fourth-order valence-corrected chi connectivity index (χ4v) is 2.55. The van der Waals surface area contributed by atoms with Gasteiger partial charge in [-0.3, -0.25) is 4.79 Å². The van der Waals surface area contributed by atoms with E-state index in [1.165, 1.54) is 0 Å². The Kier molecular flexibility index (Phi) is 3.03. The summed E-state index contributed by atoms with van der Waals surface area (Å²) in [5, 5.41) is 9.70. The summed E-state index contributed by atoms with van der Waals surface area (Å²) in [5.74, 6) is -0.730. The summed E-state index contributed by atoms with van der Waals surface area (Å²) in [4.78, 5) is 10.9. The summed E-state index contributed by atoms with van der Waals surface area (Å²) >= 11 is 5.88. The van der Waals surface area contributed by atoms with Gasteiger partial charge >= 0.3 is 5.97 Å². The zero-order valence-corrected chi connectivity index (χ0v) is 11.0. The fraction of sp³-hybridized carbons (Fsp3) is 0.188. The van der Waals surface area contributed by atoms with Crippen LogP contribution in [0.4, 0.5) is 0 Å². The van der Waals surface area contributed by atoms with Crippen LogP contribution in [0.15, 0.2) is 48.5 Å². The lowest BCUT2D eigenvalue weighted by molar-refractivity contribution is -0.138. The molecule has 3 heteroatoms. The van der Waals surface area contributed by atoms with E-state index in [4.69, 9.17) is 16.7 Å². The van der Waals surface area contributed by atoms with Crippen molar-refractivity contribution in [1.82, 2.24) is 0 Å². The van der Waals surface area contributed by atoms with Gasteiger partial charge in [0.05, 0.1) is 5.92 Å². The van der Waals surface area contributed by atoms with Crippen molar-refractivity contribution in [2.45, 2.75) is 12.3 Å². The van der Waals surface area contributed by atoms with Crippen LogP contribution in [0.25, 0.3) is 11.1 Å². The molecule has 1 aliphatic carbocycles. The first kappa shape index (κ1) is 12.2. The fourth-order valence-electron chi connectivity index (χ4n) is 2.43. The number of carboxylic acid groups (broad SMARTS) is 1. The maximum Gasteiger partial charge on any atom is 0.307 e. The van der Waals surface area contributed by atoms with Crippen LogP contribution in [-0.4, -0.2) is 11.1 Å². The first-order chi connectivity index (χ1) is 9.15. The first-order valence-corrected chi connectivity index (χ1v) is 6.61. The Hall–Kier alpha value is -1.80. The molecule has 0 aliphatic heterocycles. The van der Waals surface area contributed by atoms with Crippen LogP contribution in [0.3, 0.4) is 0 Å². The van der Waals surface area contributed by atoms with Crippen molar-refractivity contribution < 1.29 is 9.90 Å². The van der Waals surface area contributed by atoms with Crippen molar-refractivity contribution in [3.63, 3.8) is 0 Å². The van der Waals surface area contributed by atoms with Gasteiger partial charge in [0.2, 0.25) is 0 Å². The molecule has 1 saturated carbocycles. The Morgan fingerprint density at radius 3 is 2.47 bits per heavy atom. The second-order valence-electron chi connectivity index (χ2n) is 4.92. The van der Waals surface area contributed by atoms with Crippen molar-refractivity contribution in [1.29, 1.82) is 0 Å². The molecule has 19 heavy (non-hydrogen) atoms. The van der Waals surface area contributed by atoms with Crippen LogP contribution >= 0.6 is 11.6 Å². The minimum absolute atomic E-state index is 0.171. The lowest BCUT2D eigenvalue weighted by atomic mass is 10.0. The summed E-state index contributed by atoms with van der Waals surface area (Å²) in [7, 11) is 0. The molecule has 0 unspecified atom stereocenters. The summed E-state index contributed by atoms with van der Waals surface area (Å²) in [6.07, 6.45) is 0.749. The molecular weight excluding hydrogens is 260 g/mol. The highest BCUT2D eigenvalue weighted by Crippen LogP contribution is 2.48. The predicted octanol–water partition coefficient (Wildman–Crippen LogP) is 4.20. The van der Waals surface area contributed by atoms with E-state index in [1.807, 2.05) is 42.5 Å². The van der Waals surface area contributed by atoms with Crippen LogP contribution in [0, 0.1) is 5.92 Å². The molecule has 1 fully saturated rings. The predicted molar refractivity (Wildman–Crippen MR) is 75.4 cm³/mol. The Balaban J connectivity index is 1.88. The van der Waals surface area contributed by atoms with Crippen LogP contribution in [-0.2, 0) is 4.79 Å². The number of aliphatic carboxylic acids is 1. The molecule has 2 nitrogen and oxygen atoms in total. The molecule has 2 aromatic rings. The quantitative estimate of drug-likeness (QED) is 0.909. The number of benzene rings is 2. The minimum atomic E-state index is -0.693. The highest BCUT2D eigenvalue weighted by Gasteiger charge is 2.44. The van der Waals surface area contributed by atoms with E-state index in [9.17, 15) is 4.79 Å². The lowest BCUT2D eigenvalue weighted by Crippen LogP contribution is -1.98. The number of hydrogen-bond donors (Lipinski definition) is 1. The van der Waals surface area contributed by atoms with Crippen molar-refractivity contribution >= 4 is 17.6 Å².